The van der Waals surface area contributed by atoms with E-state index in [0.29, 0.717) is 18.2 Å². The highest BCUT2D eigenvalue weighted by molar-refractivity contribution is 7.14. The fourth-order valence-electron chi connectivity index (χ4n) is 3.93. The zero-order chi connectivity index (χ0) is 21.4. The molecule has 0 aliphatic rings. The monoisotopic (exact) mass is 431 g/mol. The van der Waals surface area contributed by atoms with Gasteiger partial charge in [-0.15, -0.1) is 11.3 Å². The normalized spacial score (nSPS) is 11.4. The van der Waals surface area contributed by atoms with E-state index in [4.69, 9.17) is 0 Å². The molecule has 0 aliphatic heterocycles. The van der Waals surface area contributed by atoms with Crippen molar-refractivity contribution in [2.45, 2.75) is 26.4 Å². The van der Waals surface area contributed by atoms with Crippen LogP contribution in [0, 0.1) is 0 Å². The molecule has 0 spiro atoms. The fourth-order valence-corrected chi connectivity index (χ4v) is 4.65. The highest BCUT2D eigenvalue weighted by Crippen LogP contribution is 2.30. The van der Waals surface area contributed by atoms with E-state index in [1.54, 1.807) is 9.13 Å². The van der Waals surface area contributed by atoms with Crippen molar-refractivity contribution in [1.29, 1.82) is 0 Å². The average Bonchev–Trinajstić information content (AvgIpc) is 3.48. The van der Waals surface area contributed by atoms with Gasteiger partial charge in [0.15, 0.2) is 5.13 Å². The van der Waals surface area contributed by atoms with Gasteiger partial charge in [-0.2, -0.15) is 0 Å². The molecule has 0 fully saturated rings. The molecule has 0 saturated heterocycles. The molecule has 3 heterocycles. The first-order valence-corrected chi connectivity index (χ1v) is 11.0. The maximum absolute atomic E-state index is 12.7. The van der Waals surface area contributed by atoms with Gasteiger partial charge >= 0.3 is 5.69 Å². The number of aromatic amines is 1. The molecule has 1 amide bonds. The number of nitrogens with one attached hydrogen (secondary N) is 2. The van der Waals surface area contributed by atoms with Crippen LogP contribution >= 0.6 is 11.3 Å². The molecule has 5 rings (SSSR count). The van der Waals surface area contributed by atoms with Crippen LogP contribution in [0.1, 0.15) is 13.3 Å². The van der Waals surface area contributed by atoms with Gasteiger partial charge in [0.1, 0.15) is 0 Å². The summed E-state index contributed by atoms with van der Waals surface area (Å²) in [5.41, 5.74) is 4.52. The highest BCUT2D eigenvalue weighted by Gasteiger charge is 2.14. The van der Waals surface area contributed by atoms with Gasteiger partial charge in [-0.3, -0.25) is 13.9 Å². The number of hydrogen-bond donors (Lipinski definition) is 2. The van der Waals surface area contributed by atoms with E-state index in [-0.39, 0.29) is 18.0 Å². The van der Waals surface area contributed by atoms with Crippen molar-refractivity contribution in [3.05, 3.63) is 70.6 Å². The number of imidazole rings is 1. The molecule has 0 aliphatic carbocycles. The summed E-state index contributed by atoms with van der Waals surface area (Å²) < 4.78 is 3.39. The number of benzene rings is 2. The predicted octanol–water partition coefficient (Wildman–Crippen LogP) is 4.46. The third-order valence-corrected chi connectivity index (χ3v) is 6.18. The minimum absolute atomic E-state index is 0.0904. The summed E-state index contributed by atoms with van der Waals surface area (Å²) in [4.78, 5) is 33.1. The van der Waals surface area contributed by atoms with Crippen LogP contribution in [0.15, 0.2) is 64.9 Å². The van der Waals surface area contributed by atoms with Crippen molar-refractivity contribution >= 4 is 44.3 Å². The minimum Gasteiger partial charge on any atom is -0.360 e. The lowest BCUT2D eigenvalue weighted by Gasteiger charge is -2.04. The largest absolute Gasteiger partial charge is 0.360 e. The summed E-state index contributed by atoms with van der Waals surface area (Å²) in [7, 11) is 0. The number of amides is 1. The molecule has 156 valence electrons. The lowest BCUT2D eigenvalue weighted by atomic mass is 10.1. The second-order valence-corrected chi connectivity index (χ2v) is 8.11. The summed E-state index contributed by atoms with van der Waals surface area (Å²) in [6.45, 7) is 2.85. The Labute approximate surface area is 182 Å². The quantitative estimate of drug-likeness (QED) is 0.416. The average molecular weight is 432 g/mol. The number of rotatable bonds is 6. The minimum atomic E-state index is -0.167. The first-order chi connectivity index (χ1) is 15.2. The second-order valence-electron chi connectivity index (χ2n) is 7.25. The molecule has 0 unspecified atom stereocenters. The van der Waals surface area contributed by atoms with Gasteiger partial charge in [0.05, 0.1) is 16.7 Å². The number of carbonyl (C=O) groups is 1. The number of anilines is 1. The Bertz CT molecular complexity index is 1460. The van der Waals surface area contributed by atoms with Gasteiger partial charge in [-0.05, 0) is 25.1 Å². The third-order valence-electron chi connectivity index (χ3n) is 5.42. The maximum Gasteiger partial charge on any atom is 0.329 e. The molecule has 3 aromatic heterocycles. The van der Waals surface area contributed by atoms with E-state index >= 15 is 0 Å². The van der Waals surface area contributed by atoms with Crippen LogP contribution in [0.4, 0.5) is 5.13 Å². The van der Waals surface area contributed by atoms with E-state index in [1.807, 2.05) is 67.0 Å². The van der Waals surface area contributed by atoms with Crippen LogP contribution in [0.2, 0.25) is 0 Å². The zero-order valence-electron chi connectivity index (χ0n) is 17.0. The lowest BCUT2D eigenvalue weighted by molar-refractivity contribution is -0.116. The van der Waals surface area contributed by atoms with Crippen molar-refractivity contribution in [3.63, 3.8) is 0 Å². The standard InChI is InChI=1S/C23H21N5O2S/c1-2-27-19-9-5-6-10-20(19)28(23(27)30)12-11-21(29)26-22-25-18(14-31-22)16-13-24-17-8-4-3-7-15(16)17/h3-10,13-14,24H,2,11-12H2,1H3,(H,25,26,29). The Hall–Kier alpha value is -3.65. The molecule has 0 atom stereocenters. The maximum atomic E-state index is 12.7. The van der Waals surface area contributed by atoms with Crippen molar-refractivity contribution < 1.29 is 4.79 Å². The molecule has 2 N–H and O–H groups in total. The van der Waals surface area contributed by atoms with Gasteiger partial charge in [0, 0.05) is 47.6 Å². The molecule has 2 aromatic carbocycles. The van der Waals surface area contributed by atoms with Gasteiger partial charge in [-0.25, -0.2) is 9.78 Å². The van der Waals surface area contributed by atoms with Gasteiger partial charge in [-0.1, -0.05) is 30.3 Å². The number of H-pyrrole nitrogens is 1. The van der Waals surface area contributed by atoms with E-state index in [1.165, 1.54) is 11.3 Å². The Balaban J connectivity index is 1.31. The SMILES string of the molecule is CCn1c(=O)n(CCC(=O)Nc2nc(-c3c[nH]c4ccccc34)cs2)c2ccccc21. The van der Waals surface area contributed by atoms with Crippen molar-refractivity contribution in [3.8, 4) is 11.3 Å². The number of aromatic nitrogens is 4. The molecular weight excluding hydrogens is 410 g/mol. The fraction of sp³-hybridized carbons (Fsp3) is 0.174. The smallest absolute Gasteiger partial charge is 0.329 e. The molecule has 8 heteroatoms. The first kappa shape index (κ1) is 19.3. The van der Waals surface area contributed by atoms with E-state index in [2.05, 4.69) is 15.3 Å². The Morgan fingerprint density at radius 3 is 2.65 bits per heavy atom. The highest BCUT2D eigenvalue weighted by atomic mass is 32.1. The number of nitrogens with zero attached hydrogens (tertiary/aromatic N) is 3. The number of hydrogen-bond acceptors (Lipinski definition) is 4. The van der Waals surface area contributed by atoms with Gasteiger partial charge in [0.25, 0.3) is 0 Å². The van der Waals surface area contributed by atoms with Crippen LogP contribution in [0.5, 0.6) is 0 Å². The summed E-state index contributed by atoms with van der Waals surface area (Å²) in [5.74, 6) is -0.167. The Kier molecular flexibility index (Phi) is 4.91. The van der Waals surface area contributed by atoms with E-state index in [0.717, 1.165) is 33.2 Å². The molecule has 31 heavy (non-hydrogen) atoms. The molecule has 7 nitrogen and oxygen atoms in total. The Morgan fingerprint density at radius 1 is 1.10 bits per heavy atom. The predicted molar refractivity (Wildman–Crippen MR) is 125 cm³/mol. The van der Waals surface area contributed by atoms with E-state index in [9.17, 15) is 9.59 Å². The third kappa shape index (κ3) is 3.44. The molecule has 0 saturated carbocycles. The summed E-state index contributed by atoms with van der Waals surface area (Å²) in [6.07, 6.45) is 2.13. The summed E-state index contributed by atoms with van der Waals surface area (Å²) in [6, 6.07) is 15.7. The van der Waals surface area contributed by atoms with Gasteiger partial charge < -0.3 is 10.3 Å². The second kappa shape index (κ2) is 7.88. The number of aryl methyl sites for hydroxylation is 2. The number of carbonyl (C=O) groups excluding carboxylic acids is 1. The number of para-hydroxylation sites is 3. The van der Waals surface area contributed by atoms with Crippen molar-refractivity contribution in [2.24, 2.45) is 0 Å². The van der Waals surface area contributed by atoms with Gasteiger partial charge in [0.2, 0.25) is 5.91 Å². The molecule has 5 aromatic rings. The lowest BCUT2D eigenvalue weighted by Crippen LogP contribution is -2.25. The number of thiazole rings is 1. The van der Waals surface area contributed by atoms with Crippen LogP contribution in [-0.4, -0.2) is 25.0 Å². The Morgan fingerprint density at radius 2 is 1.84 bits per heavy atom. The van der Waals surface area contributed by atoms with Crippen LogP contribution in [0.3, 0.4) is 0 Å². The van der Waals surface area contributed by atoms with Crippen molar-refractivity contribution in [2.75, 3.05) is 5.32 Å². The first-order valence-electron chi connectivity index (χ1n) is 10.2. The van der Waals surface area contributed by atoms with Crippen molar-refractivity contribution in [1.82, 2.24) is 19.1 Å². The zero-order valence-corrected chi connectivity index (χ0v) is 17.8. The van der Waals surface area contributed by atoms with E-state index < -0.39 is 0 Å². The molecule has 0 radical (unpaired) electrons. The topological polar surface area (TPSA) is 84.7 Å². The summed E-state index contributed by atoms with van der Waals surface area (Å²) in [5, 5.41) is 6.45. The van der Waals surface area contributed by atoms with Crippen LogP contribution in [-0.2, 0) is 17.9 Å². The van der Waals surface area contributed by atoms with Crippen LogP contribution in [0.25, 0.3) is 33.2 Å². The number of fused-ring (bicyclic) bond motifs is 2. The molecular formula is C23H21N5O2S. The summed E-state index contributed by atoms with van der Waals surface area (Å²) >= 11 is 1.39. The molecule has 0 bridgehead atoms. The van der Waals surface area contributed by atoms with Crippen LogP contribution < -0.4 is 11.0 Å².